The Hall–Kier alpha value is -1.97. The fourth-order valence-corrected chi connectivity index (χ4v) is 4.50. The van der Waals surface area contributed by atoms with Gasteiger partial charge in [0, 0.05) is 6.54 Å². The van der Waals surface area contributed by atoms with E-state index in [0.29, 0.717) is 5.41 Å². The summed E-state index contributed by atoms with van der Waals surface area (Å²) in [6.07, 6.45) is 4.09. The molecule has 32 heavy (non-hydrogen) atoms. The topological polar surface area (TPSA) is 145 Å². The lowest BCUT2D eigenvalue weighted by Crippen LogP contribution is -2.48. The van der Waals surface area contributed by atoms with E-state index in [0.717, 1.165) is 51.1 Å². The number of nitrogens with zero attached hydrogens (tertiary/aromatic N) is 1. The van der Waals surface area contributed by atoms with E-state index in [2.05, 4.69) is 38.7 Å². The van der Waals surface area contributed by atoms with Crippen molar-refractivity contribution >= 4 is 17.9 Å². The highest BCUT2D eigenvalue weighted by Crippen LogP contribution is 2.59. The van der Waals surface area contributed by atoms with Gasteiger partial charge in [0.05, 0.1) is 26.1 Å². The third-order valence-electron chi connectivity index (χ3n) is 6.85. The summed E-state index contributed by atoms with van der Waals surface area (Å²) in [4.78, 5) is 32.9. The van der Waals surface area contributed by atoms with Crippen molar-refractivity contribution in [2.45, 2.75) is 65.4 Å². The summed E-state index contributed by atoms with van der Waals surface area (Å²) in [6, 6.07) is 0. The number of likely N-dealkylation sites (N-methyl/N-ethyl adjacent to an activating group) is 1. The van der Waals surface area contributed by atoms with E-state index in [1.165, 1.54) is 12.8 Å². The van der Waals surface area contributed by atoms with Gasteiger partial charge in [0.2, 0.25) is 0 Å². The molecule has 9 heteroatoms. The molecule has 4 N–H and O–H groups in total. The van der Waals surface area contributed by atoms with Crippen molar-refractivity contribution in [3.63, 3.8) is 0 Å². The number of ether oxygens (including phenoxy) is 1. The van der Waals surface area contributed by atoms with Crippen molar-refractivity contribution < 1.29 is 39.5 Å². The van der Waals surface area contributed by atoms with Crippen LogP contribution in [0.1, 0.15) is 59.8 Å². The standard InChI is InChI=1S/C17H31NO.C6H8O7/c1-5-18(6-2)10-12-19-11-9-14-7-8-15-13-16(14)17(15,3)4;7-3(8)1-6(13,5(11)12)2-4(9)10/h7,15-16H,5-6,8-13H2,1-4H3;13H,1-2H2,(H,7,8)(H,9,10)(H,11,12). The SMILES string of the molecule is CCN(CC)CCOCCC1=CCC2CC1C2(C)C.O=C(O)CC(O)(CC(=O)O)C(=O)O. The summed E-state index contributed by atoms with van der Waals surface area (Å²) in [7, 11) is 0. The minimum absolute atomic E-state index is 0.561. The first-order chi connectivity index (χ1) is 14.9. The Morgan fingerprint density at radius 2 is 1.66 bits per heavy atom. The highest BCUT2D eigenvalue weighted by molar-refractivity contribution is 5.88. The maximum Gasteiger partial charge on any atom is 0.336 e. The zero-order valence-corrected chi connectivity index (χ0v) is 19.7. The third kappa shape index (κ3) is 7.86. The van der Waals surface area contributed by atoms with Crippen molar-refractivity contribution in [1.82, 2.24) is 4.90 Å². The minimum atomic E-state index is -2.74. The largest absolute Gasteiger partial charge is 0.481 e. The van der Waals surface area contributed by atoms with Gasteiger partial charge >= 0.3 is 17.9 Å². The van der Waals surface area contributed by atoms with Crippen LogP contribution in [0.15, 0.2) is 11.6 Å². The predicted molar refractivity (Wildman–Crippen MR) is 118 cm³/mol. The fourth-order valence-electron chi connectivity index (χ4n) is 4.50. The number of hydrogen-bond acceptors (Lipinski definition) is 6. The number of rotatable bonds is 13. The van der Waals surface area contributed by atoms with Gasteiger partial charge in [-0.25, -0.2) is 4.79 Å². The molecule has 1 saturated carbocycles. The molecule has 0 aromatic rings. The number of carboxylic acids is 3. The molecule has 3 rings (SSSR count). The van der Waals surface area contributed by atoms with Gasteiger partial charge in [0.1, 0.15) is 0 Å². The Morgan fingerprint density at radius 3 is 2.06 bits per heavy atom. The van der Waals surface area contributed by atoms with Crippen LogP contribution in [-0.4, -0.2) is 81.7 Å². The molecule has 0 radical (unpaired) electrons. The van der Waals surface area contributed by atoms with Crippen LogP contribution < -0.4 is 0 Å². The molecular formula is C23H39NO8. The van der Waals surface area contributed by atoms with E-state index in [1.807, 2.05) is 0 Å². The molecule has 0 spiro atoms. The number of carboxylic acid groups (broad SMARTS) is 3. The second kappa shape index (κ2) is 12.3. The number of aliphatic carboxylic acids is 3. The summed E-state index contributed by atoms with van der Waals surface area (Å²) < 4.78 is 5.82. The van der Waals surface area contributed by atoms with Gasteiger partial charge in [-0.2, -0.15) is 0 Å². The van der Waals surface area contributed by atoms with Crippen LogP contribution in [-0.2, 0) is 19.1 Å². The Kier molecular flexibility index (Phi) is 10.8. The first kappa shape index (κ1) is 28.1. The molecule has 3 aliphatic carbocycles. The van der Waals surface area contributed by atoms with Crippen molar-refractivity contribution in [3.8, 4) is 0 Å². The maximum absolute atomic E-state index is 10.3. The molecule has 0 aliphatic heterocycles. The first-order valence-electron chi connectivity index (χ1n) is 11.3. The lowest BCUT2D eigenvalue weighted by atomic mass is 9.48. The summed E-state index contributed by atoms with van der Waals surface area (Å²) in [5.41, 5.74) is -0.501. The summed E-state index contributed by atoms with van der Waals surface area (Å²) in [5.74, 6) is -3.22. The lowest BCUT2D eigenvalue weighted by Gasteiger charge is -2.56. The predicted octanol–water partition coefficient (Wildman–Crippen LogP) is 2.48. The van der Waals surface area contributed by atoms with Crippen LogP contribution in [0.5, 0.6) is 0 Å². The molecule has 2 unspecified atom stereocenters. The van der Waals surface area contributed by atoms with Crippen LogP contribution in [0.2, 0.25) is 0 Å². The van der Waals surface area contributed by atoms with Crippen molar-refractivity contribution in [1.29, 1.82) is 0 Å². The summed E-state index contributed by atoms with van der Waals surface area (Å²) in [6.45, 7) is 14.4. The molecule has 3 aliphatic rings. The van der Waals surface area contributed by atoms with Gasteiger partial charge < -0.3 is 30.1 Å². The van der Waals surface area contributed by atoms with Crippen LogP contribution >= 0.6 is 0 Å². The van der Waals surface area contributed by atoms with Gasteiger partial charge in [0.15, 0.2) is 5.60 Å². The second-order valence-electron chi connectivity index (χ2n) is 9.19. The molecule has 9 nitrogen and oxygen atoms in total. The molecule has 0 heterocycles. The number of carbonyl (C=O) groups is 3. The molecule has 0 amide bonds. The monoisotopic (exact) mass is 457 g/mol. The van der Waals surface area contributed by atoms with E-state index in [4.69, 9.17) is 25.2 Å². The zero-order valence-electron chi connectivity index (χ0n) is 19.7. The third-order valence-corrected chi connectivity index (χ3v) is 6.85. The molecule has 184 valence electrons. The van der Waals surface area contributed by atoms with E-state index in [-0.39, 0.29) is 0 Å². The molecule has 0 aromatic heterocycles. The van der Waals surface area contributed by atoms with Gasteiger partial charge in [-0.3, -0.25) is 9.59 Å². The van der Waals surface area contributed by atoms with Crippen molar-refractivity contribution in [3.05, 3.63) is 11.6 Å². The zero-order chi connectivity index (χ0) is 24.5. The van der Waals surface area contributed by atoms with Gasteiger partial charge in [0.25, 0.3) is 0 Å². The highest BCUT2D eigenvalue weighted by atomic mass is 16.5. The Labute approximate surface area is 190 Å². The Morgan fingerprint density at radius 1 is 1.09 bits per heavy atom. The smallest absolute Gasteiger partial charge is 0.336 e. The Bertz CT molecular complexity index is 667. The number of fused-ring (bicyclic) bond motifs is 1. The molecule has 0 aromatic carbocycles. The number of aliphatic hydroxyl groups is 1. The van der Waals surface area contributed by atoms with E-state index < -0.39 is 36.4 Å². The quantitative estimate of drug-likeness (QED) is 0.242. The van der Waals surface area contributed by atoms with Crippen molar-refractivity contribution in [2.24, 2.45) is 17.3 Å². The van der Waals surface area contributed by atoms with E-state index >= 15 is 0 Å². The normalized spacial score (nSPS) is 21.1. The van der Waals surface area contributed by atoms with E-state index in [9.17, 15) is 14.4 Å². The molecule has 1 fully saturated rings. The first-order valence-corrected chi connectivity index (χ1v) is 11.3. The number of hydrogen-bond donors (Lipinski definition) is 4. The van der Waals surface area contributed by atoms with Crippen molar-refractivity contribution in [2.75, 3.05) is 32.8 Å². The minimum Gasteiger partial charge on any atom is -0.481 e. The molecule has 2 atom stereocenters. The average Bonchev–Trinajstić information content (AvgIpc) is 2.70. The lowest BCUT2D eigenvalue weighted by molar-refractivity contribution is -0.170. The fraction of sp³-hybridized carbons (Fsp3) is 0.783. The molecular weight excluding hydrogens is 418 g/mol. The number of allylic oxidation sites excluding steroid dienone is 1. The van der Waals surface area contributed by atoms with Gasteiger partial charge in [-0.15, -0.1) is 0 Å². The summed E-state index contributed by atoms with van der Waals surface area (Å²) in [5, 5.41) is 33.8. The molecule has 2 bridgehead atoms. The second-order valence-corrected chi connectivity index (χ2v) is 9.19. The molecule has 0 saturated heterocycles. The summed E-state index contributed by atoms with van der Waals surface area (Å²) >= 11 is 0. The van der Waals surface area contributed by atoms with Crippen LogP contribution in [0.25, 0.3) is 0 Å². The maximum atomic E-state index is 10.3. The van der Waals surface area contributed by atoms with Crippen LogP contribution in [0, 0.1) is 17.3 Å². The van der Waals surface area contributed by atoms with E-state index in [1.54, 1.807) is 5.57 Å². The van der Waals surface area contributed by atoms with Crippen LogP contribution in [0.3, 0.4) is 0 Å². The van der Waals surface area contributed by atoms with Crippen LogP contribution in [0.4, 0.5) is 0 Å². The van der Waals surface area contributed by atoms with Gasteiger partial charge in [-0.1, -0.05) is 39.3 Å². The van der Waals surface area contributed by atoms with Gasteiger partial charge in [-0.05, 0) is 49.6 Å². The Balaban J connectivity index is 0.000000347. The highest BCUT2D eigenvalue weighted by Gasteiger charge is 2.50. The average molecular weight is 458 g/mol.